The van der Waals surface area contributed by atoms with Crippen LogP contribution in [0, 0.1) is 0 Å². The molecule has 0 aliphatic rings. The second-order valence-electron chi connectivity index (χ2n) is 11.4. The van der Waals surface area contributed by atoms with Crippen molar-refractivity contribution >= 4 is 35.9 Å². The third-order valence-electron chi connectivity index (χ3n) is 7.33. The molecule has 186 valence electrons. The van der Waals surface area contributed by atoms with Gasteiger partial charge in [0.25, 0.3) is 0 Å². The van der Waals surface area contributed by atoms with Gasteiger partial charge in [0, 0.05) is 22.5 Å². The topological polar surface area (TPSA) is 61.4 Å². The molecule has 6 nitrogen and oxygen atoms in total. The van der Waals surface area contributed by atoms with E-state index in [1.165, 1.54) is 5.32 Å². The first-order valence-corrected chi connectivity index (χ1v) is 14.8. The lowest BCUT2D eigenvalue weighted by atomic mass is 10.1. The smallest absolute Gasteiger partial charge is 0.418 e. The highest BCUT2D eigenvalue weighted by Crippen LogP contribution is 2.41. The molecule has 0 spiro atoms. The number of pyridine rings is 1. The molecule has 4 aromatic rings. The van der Waals surface area contributed by atoms with Crippen molar-refractivity contribution < 1.29 is 9.53 Å². The van der Waals surface area contributed by atoms with Gasteiger partial charge in [-0.1, -0.05) is 65.0 Å². The van der Waals surface area contributed by atoms with Crippen LogP contribution in [-0.2, 0) is 4.74 Å². The van der Waals surface area contributed by atoms with E-state index >= 15 is 0 Å². The van der Waals surface area contributed by atoms with E-state index in [4.69, 9.17) is 15.0 Å². The van der Waals surface area contributed by atoms with E-state index in [0.717, 1.165) is 27.7 Å². The molecule has 0 aliphatic carbocycles. The highest BCUT2D eigenvalue weighted by molar-refractivity contribution is 6.94. The van der Waals surface area contributed by atoms with Gasteiger partial charge in [-0.05, 0) is 61.7 Å². The molecule has 0 unspecified atom stereocenters. The van der Waals surface area contributed by atoms with Gasteiger partial charge in [-0.2, -0.15) is 0 Å². The summed E-state index contributed by atoms with van der Waals surface area (Å²) in [5.41, 5.74) is 4.71. The summed E-state index contributed by atoms with van der Waals surface area (Å²) >= 11 is 0. The van der Waals surface area contributed by atoms with E-state index in [2.05, 4.69) is 70.3 Å². The van der Waals surface area contributed by atoms with Gasteiger partial charge in [-0.15, -0.1) is 5.10 Å². The molecular weight excluding hydrogens is 452 g/mol. The Morgan fingerprint density at radius 2 is 1.49 bits per heavy atom. The Kier molecular flexibility index (Phi) is 6.42. The van der Waals surface area contributed by atoms with E-state index in [1.54, 1.807) is 10.8 Å². The Balaban J connectivity index is 1.91. The highest BCUT2D eigenvalue weighted by Gasteiger charge is 2.46. The number of ether oxygens (including phenoxy) is 1. The monoisotopic (exact) mass is 490 g/mol. The molecule has 0 radical (unpaired) electrons. The maximum Gasteiger partial charge on any atom is 0.418 e. The zero-order chi connectivity index (χ0) is 25.7. The summed E-state index contributed by atoms with van der Waals surface area (Å²) < 4.78 is 9.26. The van der Waals surface area contributed by atoms with Crippen LogP contribution in [0.2, 0.25) is 16.6 Å². The summed E-state index contributed by atoms with van der Waals surface area (Å²) in [7, 11) is -1.95. The van der Waals surface area contributed by atoms with Gasteiger partial charge in [-0.3, -0.25) is 4.57 Å². The SMILES string of the molecule is CC(C)[Si](c1cccc2c(-c3cccc4c3ccn4C(=O)OC(C)(C)C)nnn12)(C(C)C)C(C)C. The minimum atomic E-state index is -1.95. The van der Waals surface area contributed by atoms with Crippen molar-refractivity contribution in [2.45, 2.75) is 84.5 Å². The molecule has 0 saturated carbocycles. The molecule has 0 N–H and O–H groups in total. The second kappa shape index (κ2) is 8.93. The molecule has 0 saturated heterocycles. The van der Waals surface area contributed by atoms with Gasteiger partial charge < -0.3 is 4.74 Å². The van der Waals surface area contributed by atoms with Crippen molar-refractivity contribution in [3.05, 3.63) is 48.7 Å². The molecule has 0 atom stereocenters. The number of aromatic nitrogens is 4. The van der Waals surface area contributed by atoms with E-state index in [9.17, 15) is 4.79 Å². The van der Waals surface area contributed by atoms with Gasteiger partial charge in [0.1, 0.15) is 19.4 Å². The minimum absolute atomic E-state index is 0.388. The van der Waals surface area contributed by atoms with Crippen LogP contribution in [0.25, 0.3) is 27.7 Å². The summed E-state index contributed by atoms with van der Waals surface area (Å²) in [6, 6.07) is 14.4. The standard InChI is InChI=1S/C28H38N4O2Si/c1-18(2)35(19(3)4,20(5)6)25-15-11-14-24-26(29-30-32(24)25)22-12-10-13-23-21(22)16-17-31(23)27(33)34-28(7,8)9/h10-20H,1-9H3. The normalized spacial score (nSPS) is 13.0. The van der Waals surface area contributed by atoms with Crippen LogP contribution >= 0.6 is 0 Å². The number of carbonyl (C=O) groups is 1. The Morgan fingerprint density at radius 3 is 2.09 bits per heavy atom. The quantitative estimate of drug-likeness (QED) is 0.282. The lowest BCUT2D eigenvalue weighted by molar-refractivity contribution is 0.0544. The van der Waals surface area contributed by atoms with Crippen LogP contribution in [-0.4, -0.2) is 39.2 Å². The molecule has 0 fully saturated rings. The molecular formula is C28H38N4O2Si. The van der Waals surface area contributed by atoms with E-state index in [-0.39, 0.29) is 6.09 Å². The van der Waals surface area contributed by atoms with Crippen molar-refractivity contribution in [3.8, 4) is 11.3 Å². The predicted molar refractivity (Wildman–Crippen MR) is 146 cm³/mol. The second-order valence-corrected chi connectivity index (χ2v) is 17.3. The Labute approximate surface area is 209 Å². The Hall–Kier alpha value is -2.93. The number of fused-ring (bicyclic) bond motifs is 2. The molecule has 35 heavy (non-hydrogen) atoms. The van der Waals surface area contributed by atoms with Crippen molar-refractivity contribution in [2.24, 2.45) is 0 Å². The molecule has 0 aliphatic heterocycles. The van der Waals surface area contributed by atoms with Crippen molar-refractivity contribution in [1.82, 2.24) is 19.4 Å². The highest BCUT2D eigenvalue weighted by atomic mass is 28.3. The van der Waals surface area contributed by atoms with Crippen molar-refractivity contribution in [3.63, 3.8) is 0 Å². The zero-order valence-electron chi connectivity index (χ0n) is 22.5. The van der Waals surface area contributed by atoms with Crippen LogP contribution in [0.15, 0.2) is 48.7 Å². The first-order valence-electron chi connectivity index (χ1n) is 12.6. The molecule has 0 bridgehead atoms. The van der Waals surface area contributed by atoms with Gasteiger partial charge in [0.2, 0.25) is 0 Å². The molecule has 4 rings (SSSR count). The fourth-order valence-electron chi connectivity index (χ4n) is 6.17. The van der Waals surface area contributed by atoms with Gasteiger partial charge in [0.05, 0.1) is 11.0 Å². The fourth-order valence-corrected chi connectivity index (χ4v) is 12.9. The molecule has 0 amide bonds. The summed E-state index contributed by atoms with van der Waals surface area (Å²) in [5, 5.41) is 11.7. The van der Waals surface area contributed by atoms with Gasteiger partial charge >= 0.3 is 6.09 Å². The summed E-state index contributed by atoms with van der Waals surface area (Å²) in [6.45, 7) is 19.8. The zero-order valence-corrected chi connectivity index (χ0v) is 23.5. The van der Waals surface area contributed by atoms with Crippen LogP contribution in [0.4, 0.5) is 4.79 Å². The predicted octanol–water partition coefficient (Wildman–Crippen LogP) is 7.02. The number of hydrogen-bond acceptors (Lipinski definition) is 4. The van der Waals surface area contributed by atoms with Crippen molar-refractivity contribution in [2.75, 3.05) is 0 Å². The van der Waals surface area contributed by atoms with Gasteiger partial charge in [0.15, 0.2) is 0 Å². The largest absolute Gasteiger partial charge is 0.443 e. The van der Waals surface area contributed by atoms with Gasteiger partial charge in [-0.25, -0.2) is 9.31 Å². The molecule has 1 aromatic carbocycles. The van der Waals surface area contributed by atoms with Crippen LogP contribution < -0.4 is 5.32 Å². The lowest BCUT2D eigenvalue weighted by Crippen LogP contribution is -2.58. The van der Waals surface area contributed by atoms with Crippen LogP contribution in [0.3, 0.4) is 0 Å². The van der Waals surface area contributed by atoms with E-state index < -0.39 is 13.7 Å². The maximum absolute atomic E-state index is 12.8. The van der Waals surface area contributed by atoms with Crippen molar-refractivity contribution in [1.29, 1.82) is 0 Å². The van der Waals surface area contributed by atoms with E-state index in [1.807, 2.05) is 39.0 Å². The molecule has 3 aromatic heterocycles. The Morgan fingerprint density at radius 1 is 0.886 bits per heavy atom. The third kappa shape index (κ3) is 4.09. The third-order valence-corrected chi connectivity index (χ3v) is 14.3. The summed E-state index contributed by atoms with van der Waals surface area (Å²) in [5.74, 6) is 0. The minimum Gasteiger partial charge on any atom is -0.443 e. The molecule has 7 heteroatoms. The number of benzene rings is 1. The summed E-state index contributed by atoms with van der Waals surface area (Å²) in [4.78, 5) is 12.8. The fraction of sp³-hybridized carbons (Fsp3) is 0.464. The first kappa shape index (κ1) is 25.2. The molecule has 3 heterocycles. The maximum atomic E-state index is 12.8. The van der Waals surface area contributed by atoms with E-state index in [0.29, 0.717) is 16.6 Å². The lowest BCUT2D eigenvalue weighted by Gasteiger charge is -2.43. The van der Waals surface area contributed by atoms with Crippen LogP contribution in [0.1, 0.15) is 62.3 Å². The first-order chi connectivity index (χ1) is 16.4. The number of carbonyl (C=O) groups excluding carboxylic acids is 1. The average Bonchev–Trinajstić information content (AvgIpc) is 3.37. The van der Waals surface area contributed by atoms with Crippen LogP contribution in [0.5, 0.6) is 0 Å². The summed E-state index contributed by atoms with van der Waals surface area (Å²) in [6.07, 6.45) is 1.38. The number of rotatable bonds is 5. The Bertz CT molecular complexity index is 1350. The average molecular weight is 491 g/mol. The number of hydrogen-bond donors (Lipinski definition) is 0. The number of nitrogens with zero attached hydrogens (tertiary/aromatic N) is 4.